The molecule has 2 aromatic carbocycles. The molecule has 0 aliphatic rings. The molecule has 1 heterocycles. The maximum Gasteiger partial charge on any atom is 0.250 e. The number of nitrogens with two attached hydrogens (primary N) is 1. The van der Waals surface area contributed by atoms with Gasteiger partial charge in [0.1, 0.15) is 15.7 Å². The first-order valence-electron chi connectivity index (χ1n) is 9.70. The van der Waals surface area contributed by atoms with Gasteiger partial charge in [-0.1, -0.05) is 6.07 Å². The SMILES string of the molecule is CNS(C)(=O)=Nc1cc(Cc2cc(C(N)=O)c(Nc3ccc(C)cc3F)c(F)c2F)ccn1. The molecule has 7 nitrogen and oxygen atoms in total. The summed E-state index contributed by atoms with van der Waals surface area (Å²) in [5, 5.41) is 2.44. The summed E-state index contributed by atoms with van der Waals surface area (Å²) in [5.41, 5.74) is 5.32. The van der Waals surface area contributed by atoms with Crippen molar-refractivity contribution in [1.29, 1.82) is 0 Å². The van der Waals surface area contributed by atoms with Gasteiger partial charge in [0.05, 0.1) is 16.9 Å². The normalized spacial score (nSPS) is 12.8. The molecular weight excluding hydrogens is 455 g/mol. The molecule has 1 aromatic heterocycles. The van der Waals surface area contributed by atoms with Gasteiger partial charge in [-0.2, -0.15) is 4.36 Å². The van der Waals surface area contributed by atoms with Crippen LogP contribution in [-0.2, 0) is 16.3 Å². The number of nitrogens with one attached hydrogen (secondary N) is 2. The number of halogens is 3. The van der Waals surface area contributed by atoms with Crippen LogP contribution in [-0.4, -0.2) is 28.4 Å². The van der Waals surface area contributed by atoms with Crippen LogP contribution in [0.2, 0.25) is 0 Å². The van der Waals surface area contributed by atoms with E-state index in [0.717, 1.165) is 6.07 Å². The number of nitrogens with zero attached hydrogens (tertiary/aromatic N) is 2. The van der Waals surface area contributed by atoms with Gasteiger partial charge in [0.25, 0.3) is 5.91 Å². The molecule has 174 valence electrons. The van der Waals surface area contributed by atoms with Crippen LogP contribution in [0.15, 0.2) is 47.0 Å². The molecule has 11 heteroatoms. The maximum atomic E-state index is 15.0. The second kappa shape index (κ2) is 9.59. The zero-order valence-electron chi connectivity index (χ0n) is 18.1. The fraction of sp³-hybridized carbons (Fsp3) is 0.182. The summed E-state index contributed by atoms with van der Waals surface area (Å²) in [6.07, 6.45) is 2.65. The molecule has 0 fully saturated rings. The van der Waals surface area contributed by atoms with Crippen LogP contribution in [0.4, 0.5) is 30.4 Å². The molecule has 0 bridgehead atoms. The number of aromatic nitrogens is 1. The van der Waals surface area contributed by atoms with Gasteiger partial charge in [-0.15, -0.1) is 0 Å². The summed E-state index contributed by atoms with van der Waals surface area (Å²) >= 11 is 0. The van der Waals surface area contributed by atoms with Crippen LogP contribution in [0, 0.1) is 24.4 Å². The predicted molar refractivity (Wildman–Crippen MR) is 122 cm³/mol. The van der Waals surface area contributed by atoms with E-state index in [1.54, 1.807) is 19.1 Å². The summed E-state index contributed by atoms with van der Waals surface area (Å²) < 4.78 is 62.8. The fourth-order valence-corrected chi connectivity index (χ4v) is 3.59. The van der Waals surface area contributed by atoms with Crippen molar-refractivity contribution >= 4 is 33.0 Å². The summed E-state index contributed by atoms with van der Waals surface area (Å²) in [5.74, 6) is -4.17. The lowest BCUT2D eigenvalue weighted by atomic mass is 10.00. The zero-order valence-corrected chi connectivity index (χ0v) is 18.9. The highest BCUT2D eigenvalue weighted by Crippen LogP contribution is 2.31. The molecule has 0 aliphatic heterocycles. The van der Waals surface area contributed by atoms with Crippen LogP contribution < -0.4 is 15.8 Å². The van der Waals surface area contributed by atoms with Gasteiger partial charge in [0.2, 0.25) is 0 Å². The lowest BCUT2D eigenvalue weighted by Gasteiger charge is -2.15. The number of anilines is 2. The van der Waals surface area contributed by atoms with Gasteiger partial charge in [0.15, 0.2) is 17.5 Å². The Balaban J connectivity index is 2.03. The average molecular weight is 478 g/mol. The van der Waals surface area contributed by atoms with Gasteiger partial charge in [0, 0.05) is 18.9 Å². The van der Waals surface area contributed by atoms with Gasteiger partial charge < -0.3 is 11.1 Å². The molecule has 1 amide bonds. The summed E-state index contributed by atoms with van der Waals surface area (Å²) in [6, 6.07) is 8.26. The number of hydrogen-bond donors (Lipinski definition) is 3. The smallest absolute Gasteiger partial charge is 0.250 e. The molecule has 33 heavy (non-hydrogen) atoms. The molecule has 0 spiro atoms. The van der Waals surface area contributed by atoms with Crippen LogP contribution in [0.1, 0.15) is 27.0 Å². The van der Waals surface area contributed by atoms with Crippen molar-refractivity contribution in [2.45, 2.75) is 13.3 Å². The largest absolute Gasteiger partial charge is 0.366 e. The van der Waals surface area contributed by atoms with Crippen LogP contribution in [0.5, 0.6) is 0 Å². The summed E-state index contributed by atoms with van der Waals surface area (Å²) in [6.45, 7) is 1.67. The van der Waals surface area contributed by atoms with E-state index in [4.69, 9.17) is 5.73 Å². The molecular formula is C22H22F3N5O2S. The van der Waals surface area contributed by atoms with Gasteiger partial charge in [-0.25, -0.2) is 27.1 Å². The highest BCUT2D eigenvalue weighted by molar-refractivity contribution is 7.91. The average Bonchev–Trinajstić information content (AvgIpc) is 2.74. The Bertz CT molecular complexity index is 1350. The monoisotopic (exact) mass is 477 g/mol. The molecule has 0 aliphatic carbocycles. The first-order valence-corrected chi connectivity index (χ1v) is 11.6. The number of aryl methyl sites for hydroxylation is 1. The number of amides is 1. The van der Waals surface area contributed by atoms with E-state index < -0.39 is 39.0 Å². The minimum absolute atomic E-state index is 0.127. The van der Waals surface area contributed by atoms with E-state index in [1.165, 1.54) is 37.7 Å². The van der Waals surface area contributed by atoms with Crippen LogP contribution in [0.3, 0.4) is 0 Å². The van der Waals surface area contributed by atoms with E-state index in [0.29, 0.717) is 11.1 Å². The second-order valence-electron chi connectivity index (χ2n) is 7.36. The second-order valence-corrected chi connectivity index (χ2v) is 9.55. The lowest BCUT2D eigenvalue weighted by Crippen LogP contribution is -2.17. The third kappa shape index (κ3) is 5.68. The number of carbonyl (C=O) groups is 1. The van der Waals surface area contributed by atoms with Crippen molar-refractivity contribution in [1.82, 2.24) is 9.71 Å². The van der Waals surface area contributed by atoms with Crippen molar-refractivity contribution in [2.75, 3.05) is 18.6 Å². The maximum absolute atomic E-state index is 15.0. The van der Waals surface area contributed by atoms with E-state index in [1.807, 2.05) is 0 Å². The Labute approximate surface area is 189 Å². The number of benzene rings is 2. The molecule has 1 atom stereocenters. The molecule has 0 radical (unpaired) electrons. The van der Waals surface area contributed by atoms with Gasteiger partial charge >= 0.3 is 0 Å². The topological polar surface area (TPSA) is 109 Å². The molecule has 0 saturated carbocycles. The van der Waals surface area contributed by atoms with Crippen molar-refractivity contribution in [2.24, 2.45) is 10.1 Å². The number of primary amides is 1. The molecule has 1 unspecified atom stereocenters. The van der Waals surface area contributed by atoms with Gasteiger partial charge in [-0.3, -0.25) is 4.79 Å². The van der Waals surface area contributed by atoms with E-state index in [2.05, 4.69) is 19.4 Å². The molecule has 3 rings (SSSR count). The van der Waals surface area contributed by atoms with Gasteiger partial charge in [-0.05, 0) is 61.0 Å². The predicted octanol–water partition coefficient (Wildman–Crippen LogP) is 4.10. The first-order chi connectivity index (χ1) is 15.5. The number of pyridine rings is 1. The standard InChI is InChI=1S/C22H22F3N5O2S/c1-12-4-5-17(16(23)8-12)29-21-15(22(26)31)11-14(19(24)20(21)25)9-13-6-7-28-18(10-13)30-33(3,32)27-2/h4-8,10-11,29H,9H2,1-3H3,(H2,26,31)(H,27,28,30,32). The third-order valence-corrected chi connectivity index (χ3v) is 6.08. The zero-order chi connectivity index (χ0) is 24.3. The molecule has 4 N–H and O–H groups in total. The lowest BCUT2D eigenvalue weighted by molar-refractivity contribution is 0.100. The summed E-state index contributed by atoms with van der Waals surface area (Å²) in [4.78, 5) is 16.0. The fourth-order valence-electron chi connectivity index (χ4n) is 3.04. The third-order valence-electron chi connectivity index (χ3n) is 4.78. The minimum atomic E-state index is -2.71. The van der Waals surface area contributed by atoms with Crippen LogP contribution in [0.25, 0.3) is 0 Å². The Morgan fingerprint density at radius 2 is 1.88 bits per heavy atom. The quantitative estimate of drug-likeness (QED) is 0.476. The van der Waals surface area contributed by atoms with E-state index in [9.17, 15) is 22.2 Å². The Kier molecular flexibility index (Phi) is 7.04. The molecule has 3 aromatic rings. The molecule has 0 saturated heterocycles. The number of rotatable bonds is 7. The Morgan fingerprint density at radius 3 is 2.52 bits per heavy atom. The Morgan fingerprint density at radius 1 is 1.15 bits per heavy atom. The summed E-state index contributed by atoms with van der Waals surface area (Å²) in [7, 11) is -1.22. The van der Waals surface area contributed by atoms with Crippen LogP contribution >= 0.6 is 0 Å². The highest BCUT2D eigenvalue weighted by Gasteiger charge is 2.22. The highest BCUT2D eigenvalue weighted by atomic mass is 32.2. The van der Waals surface area contributed by atoms with E-state index in [-0.39, 0.29) is 29.1 Å². The Hall–Kier alpha value is -3.44. The number of carbonyl (C=O) groups excluding carboxylic acids is 1. The van der Waals surface area contributed by atoms with Crippen molar-refractivity contribution in [3.05, 3.63) is 82.3 Å². The van der Waals surface area contributed by atoms with Crippen molar-refractivity contribution in [3.8, 4) is 0 Å². The van der Waals surface area contributed by atoms with Crippen molar-refractivity contribution < 1.29 is 22.2 Å². The van der Waals surface area contributed by atoms with E-state index >= 15 is 0 Å². The first kappa shape index (κ1) is 24.2. The van der Waals surface area contributed by atoms with Crippen molar-refractivity contribution in [3.63, 3.8) is 0 Å². The number of hydrogen-bond acceptors (Lipinski definition) is 5. The minimum Gasteiger partial charge on any atom is -0.366 e.